The second-order valence-corrected chi connectivity index (χ2v) is 9.59. The van der Waals surface area contributed by atoms with Crippen molar-refractivity contribution in [3.8, 4) is 0 Å². The molecule has 144 valence electrons. The number of nitrogens with one attached hydrogen (secondary N) is 2. The van der Waals surface area contributed by atoms with Crippen LogP contribution >= 0.6 is 0 Å². The lowest BCUT2D eigenvalue weighted by Gasteiger charge is -2.21. The molecule has 0 radical (unpaired) electrons. The Hall–Kier alpha value is -1.93. The smallest absolute Gasteiger partial charge is 0.241 e. The zero-order valence-electron chi connectivity index (χ0n) is 15.9. The number of rotatable bonds is 5. The summed E-state index contributed by atoms with van der Waals surface area (Å²) in [6, 6.07) is 6.06. The number of sulfonamides is 1. The van der Waals surface area contributed by atoms with Crippen molar-refractivity contribution in [1.29, 1.82) is 0 Å². The summed E-state index contributed by atoms with van der Waals surface area (Å²) in [7, 11) is -3.62. The fourth-order valence-corrected chi connectivity index (χ4v) is 4.25. The highest BCUT2D eigenvalue weighted by molar-refractivity contribution is 7.89. The van der Waals surface area contributed by atoms with E-state index in [2.05, 4.69) is 10.0 Å². The van der Waals surface area contributed by atoms with Crippen molar-refractivity contribution >= 4 is 27.5 Å². The van der Waals surface area contributed by atoms with Crippen molar-refractivity contribution in [3.63, 3.8) is 0 Å². The highest BCUT2D eigenvalue weighted by atomic mass is 32.2. The second kappa shape index (κ2) is 7.36. The maximum absolute atomic E-state index is 12.4. The molecule has 1 aliphatic heterocycles. The van der Waals surface area contributed by atoms with E-state index in [4.69, 9.17) is 0 Å². The Labute approximate surface area is 155 Å². The van der Waals surface area contributed by atoms with Gasteiger partial charge in [-0.1, -0.05) is 0 Å². The average molecular weight is 381 g/mol. The highest BCUT2D eigenvalue weighted by Crippen LogP contribution is 2.22. The Kier molecular flexibility index (Phi) is 5.77. The summed E-state index contributed by atoms with van der Waals surface area (Å²) >= 11 is 0. The van der Waals surface area contributed by atoms with E-state index in [-0.39, 0.29) is 29.2 Å². The third kappa shape index (κ3) is 5.04. The first kappa shape index (κ1) is 20.4. The van der Waals surface area contributed by atoms with Crippen LogP contribution in [0.25, 0.3) is 0 Å². The van der Waals surface area contributed by atoms with E-state index in [1.165, 1.54) is 12.1 Å². The third-order valence-electron chi connectivity index (χ3n) is 4.03. The summed E-state index contributed by atoms with van der Waals surface area (Å²) in [6.07, 6.45) is 0.200. The molecule has 1 heterocycles. The van der Waals surface area contributed by atoms with Crippen LogP contribution in [0.4, 0.5) is 5.69 Å². The molecule has 2 N–H and O–H groups in total. The minimum Gasteiger partial charge on any atom is -0.339 e. The molecule has 7 nitrogen and oxygen atoms in total. The van der Waals surface area contributed by atoms with Gasteiger partial charge in [0.2, 0.25) is 21.8 Å². The van der Waals surface area contributed by atoms with Crippen molar-refractivity contribution in [1.82, 2.24) is 9.62 Å². The molecule has 0 bridgehead atoms. The number of benzene rings is 1. The topological polar surface area (TPSA) is 95.6 Å². The largest absolute Gasteiger partial charge is 0.339 e. The maximum Gasteiger partial charge on any atom is 0.241 e. The number of carbonyl (C=O) groups excluding carboxylic acids is 2. The fourth-order valence-electron chi connectivity index (χ4n) is 2.83. The van der Waals surface area contributed by atoms with Gasteiger partial charge in [-0.15, -0.1) is 0 Å². The average Bonchev–Trinajstić information content (AvgIpc) is 2.87. The van der Waals surface area contributed by atoms with Crippen LogP contribution < -0.4 is 10.0 Å². The van der Waals surface area contributed by atoms with Crippen LogP contribution in [-0.4, -0.2) is 43.3 Å². The van der Waals surface area contributed by atoms with Gasteiger partial charge in [-0.05, 0) is 58.9 Å². The van der Waals surface area contributed by atoms with Gasteiger partial charge in [-0.2, -0.15) is 0 Å². The Morgan fingerprint density at radius 2 is 1.77 bits per heavy atom. The van der Waals surface area contributed by atoms with Gasteiger partial charge in [0.05, 0.1) is 10.8 Å². The Bertz CT molecular complexity index is 780. The highest BCUT2D eigenvalue weighted by Gasteiger charge is 2.35. The molecule has 2 amide bonds. The molecule has 8 heteroatoms. The molecule has 1 saturated heterocycles. The molecule has 0 aromatic heterocycles. The molecule has 1 fully saturated rings. The molecule has 0 saturated carbocycles. The number of hydrogen-bond acceptors (Lipinski definition) is 4. The number of amides is 2. The van der Waals surface area contributed by atoms with E-state index in [0.717, 1.165) is 0 Å². The monoisotopic (exact) mass is 381 g/mol. The van der Waals surface area contributed by atoms with Crippen molar-refractivity contribution in [2.75, 3.05) is 11.9 Å². The number of carbonyl (C=O) groups is 2. The first-order valence-corrected chi connectivity index (χ1v) is 10.1. The summed E-state index contributed by atoms with van der Waals surface area (Å²) < 4.78 is 27.1. The van der Waals surface area contributed by atoms with Crippen LogP contribution in [0.15, 0.2) is 29.2 Å². The first-order chi connectivity index (χ1) is 11.9. The molecule has 0 spiro atoms. The van der Waals surface area contributed by atoms with Gasteiger partial charge in [-0.25, -0.2) is 13.1 Å². The Morgan fingerprint density at radius 1 is 1.19 bits per heavy atom. The fraction of sp³-hybridized carbons (Fsp3) is 0.556. The Morgan fingerprint density at radius 3 is 2.23 bits per heavy atom. The lowest BCUT2D eigenvalue weighted by atomic mass is 10.1. The number of anilines is 1. The lowest BCUT2D eigenvalue weighted by Crippen LogP contribution is -2.40. The lowest BCUT2D eigenvalue weighted by molar-refractivity contribution is -0.129. The van der Waals surface area contributed by atoms with Crippen LogP contribution in [0.3, 0.4) is 0 Å². The molecule has 1 aromatic carbocycles. The number of hydrogen-bond donors (Lipinski definition) is 2. The quantitative estimate of drug-likeness (QED) is 0.815. The standard InChI is InChI=1S/C18H27N3O4S/c1-12(2)21-11-13(10-16(21)22)17(23)19-14-6-8-15(9-7-14)26(24,25)20-18(3,4)5/h6-9,12-13,20H,10-11H2,1-5H3,(H,19,23)/t13-/m1/s1. The molecular weight excluding hydrogens is 354 g/mol. The summed E-state index contributed by atoms with van der Waals surface area (Å²) in [5.74, 6) is -0.643. The van der Waals surface area contributed by atoms with Gasteiger partial charge in [-0.3, -0.25) is 9.59 Å². The van der Waals surface area contributed by atoms with Gasteiger partial charge >= 0.3 is 0 Å². The van der Waals surface area contributed by atoms with Crippen LogP contribution in [0, 0.1) is 5.92 Å². The first-order valence-electron chi connectivity index (χ1n) is 8.63. The van der Waals surface area contributed by atoms with Crippen molar-refractivity contribution in [2.45, 2.75) is 57.5 Å². The van der Waals surface area contributed by atoms with E-state index in [9.17, 15) is 18.0 Å². The number of nitrogens with zero attached hydrogens (tertiary/aromatic N) is 1. The molecule has 1 aliphatic rings. The van der Waals surface area contributed by atoms with Crippen molar-refractivity contribution in [2.24, 2.45) is 5.92 Å². The SMILES string of the molecule is CC(C)N1C[C@H](C(=O)Nc2ccc(S(=O)(=O)NC(C)(C)C)cc2)CC1=O. The van der Waals surface area contributed by atoms with Gasteiger partial charge in [0.25, 0.3) is 0 Å². The normalized spacial score (nSPS) is 18.5. The summed E-state index contributed by atoms with van der Waals surface area (Å²) in [6.45, 7) is 9.55. The summed E-state index contributed by atoms with van der Waals surface area (Å²) in [5.41, 5.74) is -0.0802. The minimum absolute atomic E-state index is 0.0187. The Balaban J connectivity index is 2.04. The number of likely N-dealkylation sites (tertiary alicyclic amines) is 1. The van der Waals surface area contributed by atoms with Crippen LogP contribution in [-0.2, 0) is 19.6 Å². The molecular formula is C18H27N3O4S. The predicted molar refractivity (Wildman–Crippen MR) is 100 cm³/mol. The molecule has 26 heavy (non-hydrogen) atoms. The van der Waals surface area contributed by atoms with Crippen molar-refractivity contribution < 1.29 is 18.0 Å². The summed E-state index contributed by atoms with van der Waals surface area (Å²) in [4.78, 5) is 26.1. The third-order valence-corrected chi connectivity index (χ3v) is 5.80. The van der Waals surface area contributed by atoms with E-state index >= 15 is 0 Å². The predicted octanol–water partition coefficient (Wildman–Crippen LogP) is 1.96. The van der Waals surface area contributed by atoms with Crippen LogP contribution in [0.2, 0.25) is 0 Å². The summed E-state index contributed by atoms with van der Waals surface area (Å²) in [5, 5.41) is 2.76. The van der Waals surface area contributed by atoms with E-state index < -0.39 is 21.5 Å². The second-order valence-electron chi connectivity index (χ2n) is 7.91. The van der Waals surface area contributed by atoms with Gasteiger partial charge in [0.1, 0.15) is 0 Å². The molecule has 0 unspecified atom stereocenters. The molecule has 1 atom stereocenters. The molecule has 0 aliphatic carbocycles. The van der Waals surface area contributed by atoms with E-state index in [1.54, 1.807) is 37.8 Å². The van der Waals surface area contributed by atoms with E-state index in [1.807, 2.05) is 13.8 Å². The molecule has 1 aromatic rings. The van der Waals surface area contributed by atoms with Crippen molar-refractivity contribution in [3.05, 3.63) is 24.3 Å². The zero-order chi connectivity index (χ0) is 19.7. The van der Waals surface area contributed by atoms with Gasteiger partial charge in [0, 0.05) is 30.2 Å². The van der Waals surface area contributed by atoms with Crippen LogP contribution in [0.5, 0.6) is 0 Å². The molecule has 2 rings (SSSR count). The minimum atomic E-state index is -3.62. The van der Waals surface area contributed by atoms with Crippen LogP contribution in [0.1, 0.15) is 41.0 Å². The van der Waals surface area contributed by atoms with Gasteiger partial charge in [0.15, 0.2) is 0 Å². The van der Waals surface area contributed by atoms with E-state index in [0.29, 0.717) is 12.2 Å². The zero-order valence-corrected chi connectivity index (χ0v) is 16.7. The van der Waals surface area contributed by atoms with Gasteiger partial charge < -0.3 is 10.2 Å². The maximum atomic E-state index is 12.4.